The molecular weight excluding hydrogens is 255 g/mol. The van der Waals surface area contributed by atoms with Crippen LogP contribution in [0, 0.1) is 0 Å². The summed E-state index contributed by atoms with van der Waals surface area (Å²) < 4.78 is 40.1. The van der Waals surface area contributed by atoms with Crippen molar-refractivity contribution in [2.75, 3.05) is 6.61 Å². The van der Waals surface area contributed by atoms with Crippen LogP contribution in [0.1, 0.15) is 24.9 Å². The fourth-order valence-corrected chi connectivity index (χ4v) is 1.21. The van der Waals surface area contributed by atoms with Gasteiger partial charge in [0.15, 0.2) is 6.61 Å². The highest BCUT2D eigenvalue weighted by atomic mass is 35.5. The van der Waals surface area contributed by atoms with Crippen LogP contribution in [0.25, 0.3) is 0 Å². The lowest BCUT2D eigenvalue weighted by Crippen LogP contribution is -2.19. The Balaban J connectivity index is 0.00000256. The Morgan fingerprint density at radius 2 is 1.76 bits per heavy atom. The maximum atomic E-state index is 11.9. The third kappa shape index (κ3) is 5.79. The normalized spacial score (nSPS) is 12.8. The summed E-state index contributed by atoms with van der Waals surface area (Å²) in [7, 11) is 0. The molecule has 0 spiro atoms. The van der Waals surface area contributed by atoms with Gasteiger partial charge in [-0.25, -0.2) is 0 Å². The van der Waals surface area contributed by atoms with Crippen LogP contribution >= 0.6 is 12.4 Å². The molecule has 2 nitrogen and oxygen atoms in total. The molecule has 0 saturated heterocycles. The lowest BCUT2D eigenvalue weighted by atomic mass is 10.1. The van der Waals surface area contributed by atoms with E-state index in [2.05, 4.69) is 4.74 Å². The first-order valence-corrected chi connectivity index (χ1v) is 4.97. The van der Waals surface area contributed by atoms with E-state index in [1.54, 1.807) is 12.1 Å². The van der Waals surface area contributed by atoms with E-state index in [-0.39, 0.29) is 24.2 Å². The number of halogens is 4. The van der Waals surface area contributed by atoms with E-state index in [1.807, 2.05) is 6.92 Å². The maximum absolute atomic E-state index is 11.9. The molecular formula is C11H15ClF3NO. The zero-order valence-electron chi connectivity index (χ0n) is 9.33. The highest BCUT2D eigenvalue weighted by Gasteiger charge is 2.28. The van der Waals surface area contributed by atoms with Crippen molar-refractivity contribution >= 4 is 12.4 Å². The number of nitrogens with two attached hydrogens (primary N) is 1. The zero-order valence-corrected chi connectivity index (χ0v) is 10.1. The van der Waals surface area contributed by atoms with Gasteiger partial charge in [0.05, 0.1) is 0 Å². The summed E-state index contributed by atoms with van der Waals surface area (Å²) >= 11 is 0. The quantitative estimate of drug-likeness (QED) is 0.908. The highest BCUT2D eigenvalue weighted by molar-refractivity contribution is 5.85. The van der Waals surface area contributed by atoms with Crippen molar-refractivity contribution in [3.63, 3.8) is 0 Å². The Labute approximate surface area is 104 Å². The summed E-state index contributed by atoms with van der Waals surface area (Å²) in [6.07, 6.45) is -3.53. The summed E-state index contributed by atoms with van der Waals surface area (Å²) in [5.41, 5.74) is 6.66. The molecule has 17 heavy (non-hydrogen) atoms. The van der Waals surface area contributed by atoms with E-state index in [1.165, 1.54) is 12.1 Å². The zero-order chi connectivity index (χ0) is 12.2. The smallest absolute Gasteiger partial charge is 0.422 e. The molecule has 0 aliphatic carbocycles. The van der Waals surface area contributed by atoms with Crippen molar-refractivity contribution < 1.29 is 17.9 Å². The fourth-order valence-electron chi connectivity index (χ4n) is 1.21. The van der Waals surface area contributed by atoms with Crippen molar-refractivity contribution in [2.24, 2.45) is 5.73 Å². The molecule has 0 radical (unpaired) electrons. The van der Waals surface area contributed by atoms with Crippen molar-refractivity contribution in [1.29, 1.82) is 0 Å². The largest absolute Gasteiger partial charge is 0.484 e. The molecule has 1 aromatic rings. The summed E-state index contributed by atoms with van der Waals surface area (Å²) in [4.78, 5) is 0. The van der Waals surface area contributed by atoms with Crippen LogP contribution < -0.4 is 10.5 Å². The third-order valence-electron chi connectivity index (χ3n) is 2.15. The van der Waals surface area contributed by atoms with Crippen molar-refractivity contribution in [3.05, 3.63) is 29.8 Å². The lowest BCUT2D eigenvalue weighted by molar-refractivity contribution is -0.153. The Morgan fingerprint density at radius 3 is 2.18 bits per heavy atom. The molecule has 0 aromatic heterocycles. The predicted molar refractivity (Wildman–Crippen MR) is 62.5 cm³/mol. The monoisotopic (exact) mass is 269 g/mol. The maximum Gasteiger partial charge on any atom is 0.422 e. The number of benzene rings is 1. The van der Waals surface area contributed by atoms with Gasteiger partial charge in [0.2, 0.25) is 0 Å². The van der Waals surface area contributed by atoms with Crippen LogP contribution in [0.5, 0.6) is 5.75 Å². The Bertz CT molecular complexity index is 326. The summed E-state index contributed by atoms with van der Waals surface area (Å²) in [6, 6.07) is 6.27. The number of alkyl halides is 3. The predicted octanol–water partition coefficient (Wildman–Crippen LogP) is 3.46. The number of ether oxygens (including phenoxy) is 1. The molecule has 0 amide bonds. The van der Waals surface area contributed by atoms with Gasteiger partial charge >= 0.3 is 6.18 Å². The second-order valence-electron chi connectivity index (χ2n) is 3.49. The molecule has 1 aromatic carbocycles. The SMILES string of the molecule is CCC(N)c1ccc(OCC(F)(F)F)cc1.Cl. The molecule has 0 aliphatic rings. The van der Waals surface area contributed by atoms with Crippen molar-refractivity contribution in [1.82, 2.24) is 0 Å². The van der Waals surface area contributed by atoms with Gasteiger partial charge < -0.3 is 10.5 Å². The summed E-state index contributed by atoms with van der Waals surface area (Å²) in [5, 5.41) is 0. The van der Waals surface area contributed by atoms with E-state index in [0.29, 0.717) is 0 Å². The molecule has 6 heteroatoms. The average molecular weight is 270 g/mol. The van der Waals surface area contributed by atoms with Crippen LogP contribution in [0.15, 0.2) is 24.3 Å². The Hall–Kier alpha value is -0.940. The van der Waals surface area contributed by atoms with E-state index in [9.17, 15) is 13.2 Å². The average Bonchev–Trinajstić information content (AvgIpc) is 2.25. The number of rotatable bonds is 4. The van der Waals surface area contributed by atoms with Gasteiger partial charge in [0.1, 0.15) is 5.75 Å². The van der Waals surface area contributed by atoms with Crippen molar-refractivity contribution in [3.8, 4) is 5.75 Å². The minimum atomic E-state index is -4.31. The van der Waals surface area contributed by atoms with Crippen LogP contribution in [0.2, 0.25) is 0 Å². The van der Waals surface area contributed by atoms with Gasteiger partial charge in [-0.3, -0.25) is 0 Å². The first kappa shape index (κ1) is 16.1. The van der Waals surface area contributed by atoms with E-state index in [4.69, 9.17) is 5.73 Å². The molecule has 1 atom stereocenters. The van der Waals surface area contributed by atoms with Gasteiger partial charge in [-0.2, -0.15) is 13.2 Å². The third-order valence-corrected chi connectivity index (χ3v) is 2.15. The van der Waals surface area contributed by atoms with Gasteiger partial charge in [-0.15, -0.1) is 12.4 Å². The van der Waals surface area contributed by atoms with Gasteiger partial charge in [-0.05, 0) is 24.1 Å². The van der Waals surface area contributed by atoms with Crippen LogP contribution in [-0.2, 0) is 0 Å². The van der Waals surface area contributed by atoms with Crippen LogP contribution in [0.4, 0.5) is 13.2 Å². The molecule has 1 rings (SSSR count). The summed E-state index contributed by atoms with van der Waals surface area (Å²) in [5.74, 6) is 0.198. The Kier molecular flexibility index (Phi) is 6.34. The van der Waals surface area contributed by atoms with Gasteiger partial charge in [-0.1, -0.05) is 19.1 Å². The first-order chi connectivity index (χ1) is 7.42. The molecule has 1 unspecified atom stereocenters. The molecule has 98 valence electrons. The van der Waals surface area contributed by atoms with Gasteiger partial charge in [0.25, 0.3) is 0 Å². The van der Waals surface area contributed by atoms with Crippen molar-refractivity contribution in [2.45, 2.75) is 25.6 Å². The van der Waals surface area contributed by atoms with E-state index in [0.717, 1.165) is 12.0 Å². The number of hydrogen-bond donors (Lipinski definition) is 1. The summed E-state index contributed by atoms with van der Waals surface area (Å²) in [6.45, 7) is 0.672. The lowest BCUT2D eigenvalue weighted by Gasteiger charge is -2.11. The topological polar surface area (TPSA) is 35.2 Å². The number of hydrogen-bond acceptors (Lipinski definition) is 2. The van der Waals surface area contributed by atoms with E-state index >= 15 is 0 Å². The Morgan fingerprint density at radius 1 is 1.24 bits per heavy atom. The van der Waals surface area contributed by atoms with Gasteiger partial charge in [0, 0.05) is 6.04 Å². The van der Waals surface area contributed by atoms with Crippen LogP contribution in [0.3, 0.4) is 0 Å². The second-order valence-corrected chi connectivity index (χ2v) is 3.49. The molecule has 0 aliphatic heterocycles. The minimum absolute atomic E-state index is 0. The molecule has 0 bridgehead atoms. The molecule has 0 heterocycles. The molecule has 0 fully saturated rings. The first-order valence-electron chi connectivity index (χ1n) is 4.97. The standard InChI is InChI=1S/C11H14F3NO.ClH/c1-2-10(15)8-3-5-9(6-4-8)16-7-11(12,13)14;/h3-6,10H,2,7,15H2,1H3;1H. The van der Waals surface area contributed by atoms with E-state index < -0.39 is 12.8 Å². The second kappa shape index (κ2) is 6.71. The molecule has 2 N–H and O–H groups in total. The molecule has 0 saturated carbocycles. The highest BCUT2D eigenvalue weighted by Crippen LogP contribution is 2.21. The van der Waals surface area contributed by atoms with Crippen LogP contribution in [-0.4, -0.2) is 12.8 Å². The fraction of sp³-hybridized carbons (Fsp3) is 0.455. The minimum Gasteiger partial charge on any atom is -0.484 e.